The maximum Gasteiger partial charge on any atom is 0.225 e. The molecule has 2 rings (SSSR count). The van der Waals surface area contributed by atoms with Crippen molar-refractivity contribution in [2.45, 2.75) is 13.5 Å². The Labute approximate surface area is 110 Å². The minimum Gasteiger partial charge on any atom is -0.497 e. The Balaban J connectivity index is 2.16. The number of thiazole rings is 1. The van der Waals surface area contributed by atoms with Crippen LogP contribution < -0.4 is 9.64 Å². The fraction of sp³-hybridized carbons (Fsp3) is 0.231. The van der Waals surface area contributed by atoms with Crippen LogP contribution in [0.25, 0.3) is 0 Å². The summed E-state index contributed by atoms with van der Waals surface area (Å²) in [5, 5.41) is 2.58. The minimum absolute atomic E-state index is 0.0132. The molecule has 0 aliphatic rings. The zero-order chi connectivity index (χ0) is 13.0. The van der Waals surface area contributed by atoms with Gasteiger partial charge in [-0.05, 0) is 17.7 Å². The summed E-state index contributed by atoms with van der Waals surface area (Å²) in [4.78, 5) is 17.5. The first kappa shape index (κ1) is 12.6. The molecule has 18 heavy (non-hydrogen) atoms. The van der Waals surface area contributed by atoms with Gasteiger partial charge in [0.2, 0.25) is 5.91 Å². The van der Waals surface area contributed by atoms with E-state index in [-0.39, 0.29) is 5.91 Å². The summed E-state index contributed by atoms with van der Waals surface area (Å²) in [6, 6.07) is 7.66. The second-order valence-corrected chi connectivity index (χ2v) is 4.64. The Bertz CT molecular complexity index is 508. The normalized spacial score (nSPS) is 10.1. The van der Waals surface area contributed by atoms with Gasteiger partial charge in [-0.2, -0.15) is 0 Å². The molecule has 1 amide bonds. The van der Waals surface area contributed by atoms with Crippen molar-refractivity contribution in [1.29, 1.82) is 0 Å². The quantitative estimate of drug-likeness (QED) is 0.850. The molecule has 94 valence electrons. The summed E-state index contributed by atoms with van der Waals surface area (Å²) in [6.07, 6.45) is 1.70. The lowest BCUT2D eigenvalue weighted by Gasteiger charge is -2.18. The molecule has 5 heteroatoms. The Hall–Kier alpha value is -1.88. The van der Waals surface area contributed by atoms with Crippen LogP contribution in [0.5, 0.6) is 5.75 Å². The van der Waals surface area contributed by atoms with Crippen molar-refractivity contribution in [3.05, 3.63) is 41.4 Å². The highest BCUT2D eigenvalue weighted by Gasteiger charge is 2.14. The maximum absolute atomic E-state index is 11.6. The van der Waals surface area contributed by atoms with Crippen LogP contribution in [0.4, 0.5) is 5.13 Å². The average Bonchev–Trinajstić information content (AvgIpc) is 2.90. The van der Waals surface area contributed by atoms with E-state index in [0.29, 0.717) is 6.54 Å². The van der Waals surface area contributed by atoms with Gasteiger partial charge in [0.25, 0.3) is 0 Å². The first-order valence-electron chi connectivity index (χ1n) is 5.51. The Kier molecular flexibility index (Phi) is 3.94. The van der Waals surface area contributed by atoms with Crippen LogP contribution in [-0.4, -0.2) is 18.0 Å². The Morgan fingerprint density at radius 3 is 2.61 bits per heavy atom. The molecular weight excluding hydrogens is 248 g/mol. The van der Waals surface area contributed by atoms with Gasteiger partial charge in [-0.25, -0.2) is 4.98 Å². The molecule has 0 radical (unpaired) electrons. The van der Waals surface area contributed by atoms with E-state index in [9.17, 15) is 4.79 Å². The van der Waals surface area contributed by atoms with Crippen LogP contribution >= 0.6 is 11.3 Å². The lowest BCUT2D eigenvalue weighted by atomic mass is 10.2. The molecule has 4 nitrogen and oxygen atoms in total. The van der Waals surface area contributed by atoms with E-state index >= 15 is 0 Å². The highest BCUT2D eigenvalue weighted by atomic mass is 32.1. The van der Waals surface area contributed by atoms with Gasteiger partial charge in [0, 0.05) is 18.5 Å². The average molecular weight is 262 g/mol. The van der Waals surface area contributed by atoms with Gasteiger partial charge < -0.3 is 4.74 Å². The third-order valence-electron chi connectivity index (χ3n) is 2.53. The molecule has 1 aromatic carbocycles. The lowest BCUT2D eigenvalue weighted by Crippen LogP contribution is -2.27. The molecule has 1 heterocycles. The highest BCUT2D eigenvalue weighted by Crippen LogP contribution is 2.21. The van der Waals surface area contributed by atoms with Crippen LogP contribution in [0, 0.1) is 0 Å². The summed E-state index contributed by atoms with van der Waals surface area (Å²) in [5.74, 6) is 0.795. The number of nitrogens with zero attached hydrogens (tertiary/aromatic N) is 2. The smallest absolute Gasteiger partial charge is 0.225 e. The Morgan fingerprint density at radius 2 is 2.11 bits per heavy atom. The highest BCUT2D eigenvalue weighted by molar-refractivity contribution is 7.13. The fourth-order valence-electron chi connectivity index (χ4n) is 1.58. The van der Waals surface area contributed by atoms with Gasteiger partial charge >= 0.3 is 0 Å². The van der Waals surface area contributed by atoms with Crippen LogP contribution in [0.1, 0.15) is 12.5 Å². The number of aromatic nitrogens is 1. The van der Waals surface area contributed by atoms with E-state index in [1.165, 1.54) is 11.3 Å². The van der Waals surface area contributed by atoms with Crippen molar-refractivity contribution in [3.63, 3.8) is 0 Å². The van der Waals surface area contributed by atoms with Gasteiger partial charge in [-0.3, -0.25) is 9.69 Å². The van der Waals surface area contributed by atoms with Crippen LogP contribution in [0.15, 0.2) is 35.8 Å². The van der Waals surface area contributed by atoms with Crippen LogP contribution in [0.2, 0.25) is 0 Å². The van der Waals surface area contributed by atoms with Gasteiger partial charge in [-0.1, -0.05) is 12.1 Å². The third kappa shape index (κ3) is 2.87. The number of amides is 1. The van der Waals surface area contributed by atoms with Crippen LogP contribution in [-0.2, 0) is 11.3 Å². The number of ether oxygens (including phenoxy) is 1. The topological polar surface area (TPSA) is 42.4 Å². The molecule has 0 saturated heterocycles. The second-order valence-electron chi connectivity index (χ2n) is 3.77. The van der Waals surface area contributed by atoms with Crippen molar-refractivity contribution in [3.8, 4) is 5.75 Å². The molecule has 1 aromatic heterocycles. The summed E-state index contributed by atoms with van der Waals surface area (Å²) < 4.78 is 5.10. The van der Waals surface area contributed by atoms with E-state index in [1.54, 1.807) is 25.1 Å². The van der Waals surface area contributed by atoms with Crippen LogP contribution in [0.3, 0.4) is 0 Å². The maximum atomic E-state index is 11.6. The van der Waals surface area contributed by atoms with Crippen molar-refractivity contribution >= 4 is 22.4 Å². The predicted octanol–water partition coefficient (Wildman–Crippen LogP) is 2.70. The number of benzene rings is 1. The SMILES string of the molecule is COc1ccc(CN(C(C)=O)c2nccs2)cc1. The first-order valence-corrected chi connectivity index (χ1v) is 6.39. The number of methoxy groups -OCH3 is 1. The summed E-state index contributed by atoms with van der Waals surface area (Å²) >= 11 is 1.46. The summed E-state index contributed by atoms with van der Waals surface area (Å²) in [7, 11) is 1.63. The minimum atomic E-state index is -0.0132. The number of rotatable bonds is 4. The largest absolute Gasteiger partial charge is 0.497 e. The fourth-order valence-corrected chi connectivity index (χ4v) is 2.26. The molecule has 0 saturated carbocycles. The lowest BCUT2D eigenvalue weighted by molar-refractivity contribution is -0.116. The molecule has 0 aliphatic carbocycles. The monoisotopic (exact) mass is 262 g/mol. The predicted molar refractivity (Wildman–Crippen MR) is 72.0 cm³/mol. The number of hydrogen-bond donors (Lipinski definition) is 0. The van der Waals surface area contributed by atoms with E-state index in [0.717, 1.165) is 16.4 Å². The van der Waals surface area contributed by atoms with Gasteiger partial charge in [0.05, 0.1) is 13.7 Å². The van der Waals surface area contributed by atoms with Gasteiger partial charge in [0.15, 0.2) is 5.13 Å². The molecule has 0 fully saturated rings. The molecule has 0 aliphatic heterocycles. The zero-order valence-electron chi connectivity index (χ0n) is 10.3. The number of carbonyl (C=O) groups excluding carboxylic acids is 1. The van der Waals surface area contributed by atoms with Gasteiger partial charge in [-0.15, -0.1) is 11.3 Å². The molecule has 0 bridgehead atoms. The van der Waals surface area contributed by atoms with E-state index < -0.39 is 0 Å². The Morgan fingerprint density at radius 1 is 1.39 bits per heavy atom. The zero-order valence-corrected chi connectivity index (χ0v) is 11.1. The van der Waals surface area contributed by atoms with Gasteiger partial charge in [0.1, 0.15) is 5.75 Å². The molecule has 0 unspecified atom stereocenters. The van der Waals surface area contributed by atoms with Crippen molar-refractivity contribution < 1.29 is 9.53 Å². The van der Waals surface area contributed by atoms with E-state index in [1.807, 2.05) is 29.6 Å². The molecular formula is C13H14N2O2S. The molecule has 0 atom stereocenters. The summed E-state index contributed by atoms with van der Waals surface area (Å²) in [6.45, 7) is 2.07. The van der Waals surface area contributed by atoms with Crippen molar-refractivity contribution in [1.82, 2.24) is 4.98 Å². The third-order valence-corrected chi connectivity index (χ3v) is 3.32. The van der Waals surface area contributed by atoms with Crippen molar-refractivity contribution in [2.24, 2.45) is 0 Å². The van der Waals surface area contributed by atoms with E-state index in [4.69, 9.17) is 4.74 Å². The standard InChI is InChI=1S/C13H14N2O2S/c1-10(16)15(13-14-7-8-18-13)9-11-3-5-12(17-2)6-4-11/h3-8H,9H2,1-2H3. The number of hydrogen-bond acceptors (Lipinski definition) is 4. The van der Waals surface area contributed by atoms with Crippen molar-refractivity contribution in [2.75, 3.05) is 12.0 Å². The first-order chi connectivity index (χ1) is 8.70. The molecule has 0 N–H and O–H groups in total. The number of anilines is 1. The molecule has 0 spiro atoms. The second kappa shape index (κ2) is 5.64. The van der Waals surface area contributed by atoms with E-state index in [2.05, 4.69) is 4.98 Å². The number of carbonyl (C=O) groups is 1. The summed E-state index contributed by atoms with van der Waals surface area (Å²) in [5.41, 5.74) is 1.04. The molecule has 2 aromatic rings.